The van der Waals surface area contributed by atoms with Crippen molar-refractivity contribution in [3.63, 3.8) is 0 Å². The second-order valence-electron chi connectivity index (χ2n) is 6.21. The van der Waals surface area contributed by atoms with Gasteiger partial charge in [0.2, 0.25) is 0 Å². The second-order valence-corrected chi connectivity index (χ2v) is 6.21. The Labute approximate surface area is 172 Å². The van der Waals surface area contributed by atoms with Gasteiger partial charge in [-0.3, -0.25) is 14.9 Å². The third-order valence-electron chi connectivity index (χ3n) is 4.39. The maximum Gasteiger partial charge on any atom is 0.296 e. The van der Waals surface area contributed by atoms with Crippen molar-refractivity contribution in [2.75, 3.05) is 26.6 Å². The molecule has 2 aromatic carbocycles. The van der Waals surface area contributed by atoms with Crippen molar-refractivity contribution in [1.82, 2.24) is 0 Å². The van der Waals surface area contributed by atoms with Crippen LogP contribution in [-0.2, 0) is 6.42 Å². The molecule has 0 saturated carbocycles. The zero-order valence-corrected chi connectivity index (χ0v) is 16.6. The van der Waals surface area contributed by atoms with E-state index in [4.69, 9.17) is 18.6 Å². The van der Waals surface area contributed by atoms with Crippen LogP contribution in [0, 0.1) is 10.1 Å². The number of hydrogen-bond donors (Lipinski definition) is 1. The molecule has 9 nitrogen and oxygen atoms in total. The molecule has 1 N–H and O–H groups in total. The van der Waals surface area contributed by atoms with Crippen LogP contribution in [0.5, 0.6) is 17.2 Å². The van der Waals surface area contributed by atoms with E-state index < -0.39 is 10.8 Å². The maximum atomic E-state index is 12.5. The molecule has 156 valence electrons. The molecule has 0 aliphatic rings. The number of benzene rings is 2. The molecule has 0 bridgehead atoms. The summed E-state index contributed by atoms with van der Waals surface area (Å²) in [5.74, 6) is 1.58. The van der Waals surface area contributed by atoms with E-state index >= 15 is 0 Å². The molecule has 0 aliphatic carbocycles. The van der Waals surface area contributed by atoms with E-state index in [1.165, 1.54) is 31.4 Å². The summed E-state index contributed by atoms with van der Waals surface area (Å²) in [6, 6.07) is 12.7. The fourth-order valence-electron chi connectivity index (χ4n) is 2.88. The van der Waals surface area contributed by atoms with E-state index in [1.54, 1.807) is 32.4 Å². The number of nitro benzene ring substituents is 1. The minimum atomic E-state index is -0.605. The van der Waals surface area contributed by atoms with E-state index in [9.17, 15) is 14.9 Å². The van der Waals surface area contributed by atoms with Gasteiger partial charge in [0.15, 0.2) is 5.76 Å². The summed E-state index contributed by atoms with van der Waals surface area (Å²) < 4.78 is 21.2. The Balaban J connectivity index is 1.79. The number of furan rings is 1. The lowest BCUT2D eigenvalue weighted by atomic mass is 10.1. The highest BCUT2D eigenvalue weighted by atomic mass is 16.6. The van der Waals surface area contributed by atoms with E-state index in [0.29, 0.717) is 29.4 Å². The summed E-state index contributed by atoms with van der Waals surface area (Å²) in [5.41, 5.74) is 0.581. The summed E-state index contributed by atoms with van der Waals surface area (Å²) in [6.07, 6.45) is 0.371. The molecule has 3 aromatic rings. The number of nitrogens with one attached hydrogen (secondary N) is 1. The SMILES string of the molecule is COc1ccc(OC)c(Cc2ccc(C(=O)Nc3ccc(OC)cc3[N+](=O)[O-])o2)c1. The Hall–Kier alpha value is -4.01. The molecule has 1 amide bonds. The molecule has 30 heavy (non-hydrogen) atoms. The Morgan fingerprint density at radius 2 is 1.70 bits per heavy atom. The molecule has 0 fully saturated rings. The first kappa shape index (κ1) is 20.7. The van der Waals surface area contributed by atoms with Gasteiger partial charge in [0.25, 0.3) is 11.6 Å². The van der Waals surface area contributed by atoms with Gasteiger partial charge in [0, 0.05) is 12.0 Å². The van der Waals surface area contributed by atoms with Crippen LogP contribution in [0.15, 0.2) is 52.9 Å². The predicted molar refractivity (Wildman–Crippen MR) is 109 cm³/mol. The number of amides is 1. The molecular weight excluding hydrogens is 392 g/mol. The van der Waals surface area contributed by atoms with Crippen LogP contribution >= 0.6 is 0 Å². The highest BCUT2D eigenvalue weighted by molar-refractivity contribution is 6.03. The van der Waals surface area contributed by atoms with Gasteiger partial charge in [-0.2, -0.15) is 0 Å². The Kier molecular flexibility index (Phi) is 6.21. The monoisotopic (exact) mass is 412 g/mol. The molecule has 1 aromatic heterocycles. The zero-order valence-electron chi connectivity index (χ0n) is 16.6. The van der Waals surface area contributed by atoms with Gasteiger partial charge in [0.05, 0.1) is 32.3 Å². The molecule has 0 spiro atoms. The number of anilines is 1. The van der Waals surface area contributed by atoms with E-state index in [2.05, 4.69) is 5.32 Å². The van der Waals surface area contributed by atoms with Gasteiger partial charge in [-0.25, -0.2) is 0 Å². The van der Waals surface area contributed by atoms with E-state index in [0.717, 1.165) is 5.56 Å². The predicted octanol–water partition coefficient (Wildman–Crippen LogP) is 4.06. The van der Waals surface area contributed by atoms with Gasteiger partial charge in [-0.05, 0) is 42.5 Å². The lowest BCUT2D eigenvalue weighted by Gasteiger charge is -2.09. The van der Waals surface area contributed by atoms with E-state index in [-0.39, 0.29) is 17.1 Å². The average molecular weight is 412 g/mol. The van der Waals surface area contributed by atoms with Crippen LogP contribution in [0.4, 0.5) is 11.4 Å². The van der Waals surface area contributed by atoms with Crippen molar-refractivity contribution < 1.29 is 28.3 Å². The summed E-state index contributed by atoms with van der Waals surface area (Å²) in [5, 5.41) is 13.8. The lowest BCUT2D eigenvalue weighted by molar-refractivity contribution is -0.384. The van der Waals surface area contributed by atoms with Crippen LogP contribution in [0.3, 0.4) is 0 Å². The topological polar surface area (TPSA) is 113 Å². The minimum Gasteiger partial charge on any atom is -0.497 e. The van der Waals surface area contributed by atoms with Crippen LogP contribution in [-0.4, -0.2) is 32.2 Å². The normalized spacial score (nSPS) is 10.4. The summed E-state index contributed by atoms with van der Waals surface area (Å²) >= 11 is 0. The fourth-order valence-corrected chi connectivity index (χ4v) is 2.88. The van der Waals surface area contributed by atoms with Gasteiger partial charge < -0.3 is 23.9 Å². The first-order valence-corrected chi connectivity index (χ1v) is 8.88. The van der Waals surface area contributed by atoms with Crippen LogP contribution in [0.2, 0.25) is 0 Å². The van der Waals surface area contributed by atoms with Gasteiger partial charge in [-0.15, -0.1) is 0 Å². The molecule has 0 saturated heterocycles. The van der Waals surface area contributed by atoms with Gasteiger partial charge >= 0.3 is 0 Å². The number of carbonyl (C=O) groups excluding carboxylic acids is 1. The first-order chi connectivity index (χ1) is 14.4. The minimum absolute atomic E-state index is 0.0250. The summed E-state index contributed by atoms with van der Waals surface area (Å²) in [7, 11) is 4.53. The number of nitrogens with zero attached hydrogens (tertiary/aromatic N) is 1. The van der Waals surface area contributed by atoms with Crippen molar-refractivity contribution >= 4 is 17.3 Å². The number of ether oxygens (including phenoxy) is 3. The van der Waals surface area contributed by atoms with E-state index in [1.807, 2.05) is 6.07 Å². The Bertz CT molecular complexity index is 1070. The lowest BCUT2D eigenvalue weighted by Crippen LogP contribution is -2.12. The van der Waals surface area contributed by atoms with Crippen molar-refractivity contribution in [3.05, 3.63) is 75.7 Å². The number of carbonyl (C=O) groups is 1. The van der Waals surface area contributed by atoms with Crippen molar-refractivity contribution in [3.8, 4) is 17.2 Å². The first-order valence-electron chi connectivity index (χ1n) is 8.88. The van der Waals surface area contributed by atoms with Crippen molar-refractivity contribution in [1.29, 1.82) is 0 Å². The zero-order chi connectivity index (χ0) is 21.7. The molecular formula is C21H20N2O7. The second kappa shape index (κ2) is 8.99. The highest BCUT2D eigenvalue weighted by Gasteiger charge is 2.20. The molecule has 1 heterocycles. The molecule has 3 rings (SSSR count). The number of nitro groups is 1. The quantitative estimate of drug-likeness (QED) is 0.438. The van der Waals surface area contributed by atoms with Crippen LogP contribution in [0.25, 0.3) is 0 Å². The summed E-state index contributed by atoms with van der Waals surface area (Å²) in [6.45, 7) is 0. The smallest absolute Gasteiger partial charge is 0.296 e. The summed E-state index contributed by atoms with van der Waals surface area (Å²) in [4.78, 5) is 23.2. The standard InChI is InChI=1S/C21H20N2O7/c1-27-14-5-8-19(29-3)13(10-14)11-16-6-9-20(30-16)21(24)22-17-7-4-15(28-2)12-18(17)23(25)26/h4-10,12H,11H2,1-3H3,(H,22,24). The Morgan fingerprint density at radius 1 is 1.00 bits per heavy atom. The molecule has 9 heteroatoms. The third-order valence-corrected chi connectivity index (χ3v) is 4.39. The van der Waals surface area contributed by atoms with Crippen LogP contribution in [0.1, 0.15) is 21.9 Å². The van der Waals surface area contributed by atoms with Crippen LogP contribution < -0.4 is 19.5 Å². The molecule has 0 unspecified atom stereocenters. The van der Waals surface area contributed by atoms with Gasteiger partial charge in [-0.1, -0.05) is 0 Å². The largest absolute Gasteiger partial charge is 0.497 e. The molecule has 0 aliphatic heterocycles. The average Bonchev–Trinajstić information content (AvgIpc) is 3.22. The Morgan fingerprint density at radius 3 is 2.37 bits per heavy atom. The highest BCUT2D eigenvalue weighted by Crippen LogP contribution is 2.30. The number of rotatable bonds is 8. The third kappa shape index (κ3) is 4.52. The fraction of sp³-hybridized carbons (Fsp3) is 0.190. The molecule has 0 radical (unpaired) electrons. The molecule has 0 atom stereocenters. The van der Waals surface area contributed by atoms with Crippen molar-refractivity contribution in [2.45, 2.75) is 6.42 Å². The maximum absolute atomic E-state index is 12.5. The van der Waals surface area contributed by atoms with Crippen molar-refractivity contribution in [2.24, 2.45) is 0 Å². The van der Waals surface area contributed by atoms with Gasteiger partial charge in [0.1, 0.15) is 28.7 Å². The number of methoxy groups -OCH3 is 3. The number of hydrogen-bond acceptors (Lipinski definition) is 7.